The summed E-state index contributed by atoms with van der Waals surface area (Å²) in [5.74, 6) is 0.487. The number of aromatic nitrogens is 1. The number of carbonyl (C=O) groups excluding carboxylic acids is 1. The van der Waals surface area contributed by atoms with Crippen molar-refractivity contribution in [3.63, 3.8) is 0 Å². The first-order chi connectivity index (χ1) is 11.9. The van der Waals surface area contributed by atoms with Crippen LogP contribution in [-0.4, -0.2) is 48.9 Å². The van der Waals surface area contributed by atoms with Crippen LogP contribution >= 0.6 is 0 Å². The van der Waals surface area contributed by atoms with E-state index in [2.05, 4.69) is 10.3 Å². The Bertz CT molecular complexity index is 793. The number of nitrogens with one attached hydrogen (secondary N) is 1. The number of rotatable bonds is 1. The Morgan fingerprint density at radius 1 is 1.20 bits per heavy atom. The van der Waals surface area contributed by atoms with Gasteiger partial charge in [0.1, 0.15) is 0 Å². The molecule has 1 aromatic rings. The van der Waals surface area contributed by atoms with E-state index in [0.29, 0.717) is 19.5 Å². The lowest BCUT2D eigenvalue weighted by Gasteiger charge is -2.39. The molecule has 0 bridgehead atoms. The molecule has 4 rings (SSSR count). The Morgan fingerprint density at radius 2 is 2.04 bits per heavy atom. The molecular formula is C18H25N3O3S. The van der Waals surface area contributed by atoms with E-state index in [-0.39, 0.29) is 23.0 Å². The van der Waals surface area contributed by atoms with Gasteiger partial charge in [-0.25, -0.2) is 13.2 Å². The molecule has 7 heteroatoms. The number of anilines is 1. The van der Waals surface area contributed by atoms with Crippen LogP contribution in [0.1, 0.15) is 43.4 Å². The first-order valence-electron chi connectivity index (χ1n) is 9.19. The van der Waals surface area contributed by atoms with E-state index in [1.165, 1.54) is 18.4 Å². The van der Waals surface area contributed by atoms with Crippen LogP contribution in [0.4, 0.5) is 10.5 Å². The summed E-state index contributed by atoms with van der Waals surface area (Å²) in [7, 11) is -2.94. The van der Waals surface area contributed by atoms with E-state index in [0.717, 1.165) is 37.1 Å². The van der Waals surface area contributed by atoms with Gasteiger partial charge in [-0.05, 0) is 56.6 Å². The number of carbonyl (C=O) groups is 1. The van der Waals surface area contributed by atoms with Gasteiger partial charge in [-0.1, -0.05) is 0 Å². The van der Waals surface area contributed by atoms with Gasteiger partial charge in [0.15, 0.2) is 9.84 Å². The van der Waals surface area contributed by atoms with Crippen LogP contribution in [0.25, 0.3) is 0 Å². The normalized spacial score (nSPS) is 27.9. The molecule has 1 N–H and O–H groups in total. The smallest absolute Gasteiger partial charge is 0.321 e. The molecule has 6 nitrogen and oxygen atoms in total. The predicted octanol–water partition coefficient (Wildman–Crippen LogP) is 2.39. The van der Waals surface area contributed by atoms with E-state index < -0.39 is 9.84 Å². The zero-order valence-corrected chi connectivity index (χ0v) is 15.3. The molecule has 1 unspecified atom stereocenters. The molecule has 0 aromatic carbocycles. The summed E-state index contributed by atoms with van der Waals surface area (Å²) in [6.45, 7) is 1.22. The van der Waals surface area contributed by atoms with Gasteiger partial charge in [-0.15, -0.1) is 0 Å². The van der Waals surface area contributed by atoms with Crippen LogP contribution in [0.15, 0.2) is 12.3 Å². The topological polar surface area (TPSA) is 79.4 Å². The molecule has 2 amide bonds. The summed E-state index contributed by atoms with van der Waals surface area (Å²) in [5, 5.41) is 2.96. The van der Waals surface area contributed by atoms with Crippen molar-refractivity contribution in [1.29, 1.82) is 0 Å². The molecule has 2 saturated heterocycles. The summed E-state index contributed by atoms with van der Waals surface area (Å²) in [6, 6.07) is 1.90. The van der Waals surface area contributed by atoms with E-state index in [1.54, 1.807) is 11.1 Å². The number of hydrogen-bond acceptors (Lipinski definition) is 4. The van der Waals surface area contributed by atoms with Gasteiger partial charge in [0.25, 0.3) is 0 Å². The molecule has 1 aliphatic carbocycles. The van der Waals surface area contributed by atoms with Crippen molar-refractivity contribution in [2.75, 3.05) is 29.9 Å². The number of hydrogen-bond donors (Lipinski definition) is 1. The van der Waals surface area contributed by atoms with Gasteiger partial charge in [0, 0.05) is 24.2 Å². The average molecular weight is 363 g/mol. The maximum absolute atomic E-state index is 12.7. The number of urea groups is 1. The Morgan fingerprint density at radius 3 is 2.84 bits per heavy atom. The molecule has 0 saturated carbocycles. The van der Waals surface area contributed by atoms with Crippen LogP contribution in [0.5, 0.6) is 0 Å². The zero-order chi connectivity index (χ0) is 17.5. The molecule has 2 fully saturated rings. The lowest BCUT2D eigenvalue weighted by atomic mass is 9.80. The van der Waals surface area contributed by atoms with Crippen molar-refractivity contribution in [1.82, 2.24) is 9.88 Å². The van der Waals surface area contributed by atoms with E-state index in [1.807, 2.05) is 6.07 Å². The van der Waals surface area contributed by atoms with Gasteiger partial charge in [0.05, 0.1) is 23.4 Å². The third kappa shape index (κ3) is 3.52. The van der Waals surface area contributed by atoms with Gasteiger partial charge in [-0.2, -0.15) is 0 Å². The molecular weight excluding hydrogens is 338 g/mol. The number of likely N-dealkylation sites (tertiary alicyclic amines) is 1. The fourth-order valence-corrected chi connectivity index (χ4v) is 6.75. The zero-order valence-electron chi connectivity index (χ0n) is 14.5. The summed E-state index contributed by atoms with van der Waals surface area (Å²) in [6.07, 6.45) is 8.59. The molecule has 3 heterocycles. The standard InChI is InChI=1S/C18H25N3O3S/c22-17(20-15-10-14-4-1-2-5-16(14)19-11-15)21-8-3-6-18(12-21)7-9-25(23,24)13-18/h10-11H,1-9,12-13H2,(H,20,22). The number of fused-ring (bicyclic) bond motifs is 1. The Labute approximate surface area is 148 Å². The highest BCUT2D eigenvalue weighted by atomic mass is 32.2. The molecule has 3 aliphatic rings. The van der Waals surface area contributed by atoms with E-state index in [4.69, 9.17) is 0 Å². The van der Waals surface area contributed by atoms with Crippen molar-refractivity contribution < 1.29 is 13.2 Å². The fraction of sp³-hybridized carbons (Fsp3) is 0.667. The number of amides is 2. The predicted molar refractivity (Wildman–Crippen MR) is 96.4 cm³/mol. The van der Waals surface area contributed by atoms with E-state index in [9.17, 15) is 13.2 Å². The second kappa shape index (κ2) is 6.27. The minimum atomic E-state index is -2.94. The summed E-state index contributed by atoms with van der Waals surface area (Å²) < 4.78 is 23.8. The SMILES string of the molecule is O=C(Nc1cnc2c(c1)CCCC2)N1CCCC2(CCS(=O)(=O)C2)C1. The largest absolute Gasteiger partial charge is 0.324 e. The van der Waals surface area contributed by atoms with Crippen LogP contribution < -0.4 is 5.32 Å². The minimum absolute atomic E-state index is 0.138. The minimum Gasteiger partial charge on any atom is -0.324 e. The third-order valence-corrected chi connectivity index (χ3v) is 7.72. The molecule has 1 atom stereocenters. The summed E-state index contributed by atoms with van der Waals surface area (Å²) in [4.78, 5) is 19.0. The molecule has 25 heavy (non-hydrogen) atoms. The monoisotopic (exact) mass is 363 g/mol. The first kappa shape index (κ1) is 16.8. The van der Waals surface area contributed by atoms with Crippen LogP contribution in [-0.2, 0) is 22.7 Å². The van der Waals surface area contributed by atoms with Crippen LogP contribution in [0.2, 0.25) is 0 Å². The van der Waals surface area contributed by atoms with Gasteiger partial charge in [0.2, 0.25) is 0 Å². The quantitative estimate of drug-likeness (QED) is 0.831. The first-order valence-corrected chi connectivity index (χ1v) is 11.0. The lowest BCUT2D eigenvalue weighted by Crippen LogP contribution is -2.48. The maximum Gasteiger partial charge on any atom is 0.321 e. The second-order valence-corrected chi connectivity index (χ2v) is 10.0. The third-order valence-electron chi connectivity index (χ3n) is 5.84. The highest BCUT2D eigenvalue weighted by Gasteiger charge is 2.45. The van der Waals surface area contributed by atoms with Crippen molar-refractivity contribution >= 4 is 21.6 Å². The second-order valence-electron chi connectivity index (χ2n) is 7.83. The van der Waals surface area contributed by atoms with Crippen LogP contribution in [0.3, 0.4) is 0 Å². The molecule has 136 valence electrons. The van der Waals surface area contributed by atoms with E-state index >= 15 is 0 Å². The van der Waals surface area contributed by atoms with Crippen molar-refractivity contribution in [3.8, 4) is 0 Å². The maximum atomic E-state index is 12.7. The van der Waals surface area contributed by atoms with Crippen molar-refractivity contribution in [3.05, 3.63) is 23.5 Å². The van der Waals surface area contributed by atoms with Crippen molar-refractivity contribution in [2.45, 2.75) is 44.9 Å². The summed E-state index contributed by atoms with van der Waals surface area (Å²) >= 11 is 0. The molecule has 1 aromatic heterocycles. The number of aryl methyl sites for hydroxylation is 2. The Kier molecular flexibility index (Phi) is 4.22. The average Bonchev–Trinajstić information content (AvgIpc) is 2.89. The molecule has 1 spiro atoms. The summed E-state index contributed by atoms with van der Waals surface area (Å²) in [5.41, 5.74) is 2.89. The van der Waals surface area contributed by atoms with Crippen LogP contribution in [0, 0.1) is 5.41 Å². The number of piperidine rings is 1. The number of pyridine rings is 1. The Hall–Kier alpha value is -1.63. The highest BCUT2D eigenvalue weighted by Crippen LogP contribution is 2.40. The molecule has 0 radical (unpaired) electrons. The Balaban J connectivity index is 1.44. The number of sulfone groups is 1. The van der Waals surface area contributed by atoms with Crippen molar-refractivity contribution in [2.24, 2.45) is 5.41 Å². The lowest BCUT2D eigenvalue weighted by molar-refractivity contribution is 0.130. The van der Waals surface area contributed by atoms with Gasteiger partial charge in [-0.3, -0.25) is 4.98 Å². The van der Waals surface area contributed by atoms with Gasteiger partial charge < -0.3 is 10.2 Å². The van der Waals surface area contributed by atoms with Gasteiger partial charge >= 0.3 is 6.03 Å². The molecule has 2 aliphatic heterocycles. The highest BCUT2D eigenvalue weighted by molar-refractivity contribution is 7.91. The fourth-order valence-electron chi connectivity index (χ4n) is 4.54. The number of nitrogens with zero attached hydrogens (tertiary/aromatic N) is 2.